The van der Waals surface area contributed by atoms with Crippen molar-refractivity contribution in [3.8, 4) is 0 Å². The molecule has 0 radical (unpaired) electrons. The monoisotopic (exact) mass is 315 g/mol. The van der Waals surface area contributed by atoms with Crippen molar-refractivity contribution in [3.63, 3.8) is 0 Å². The second-order valence-electron chi connectivity index (χ2n) is 4.27. The summed E-state index contributed by atoms with van der Waals surface area (Å²) in [6.07, 6.45) is 4.42. The van der Waals surface area contributed by atoms with Crippen molar-refractivity contribution in [3.05, 3.63) is 34.8 Å². The average molecular weight is 315 g/mol. The second-order valence-corrected chi connectivity index (χ2v) is 5.20. The largest absolute Gasteiger partial charge is 0.338 e. The standard InChI is InChI=1S/C12H15F2N5OS/c1-8(10-16-5-7-21-10)18-12(20)17-3-2-9-15-4-6-19(9)11(13)14/h4-8,11H,2-3H2,1H3,(H2,17,18,20)/t8-/m1/s1. The van der Waals surface area contributed by atoms with Crippen molar-refractivity contribution >= 4 is 17.4 Å². The van der Waals surface area contributed by atoms with E-state index in [-0.39, 0.29) is 30.9 Å². The molecule has 114 valence electrons. The van der Waals surface area contributed by atoms with Crippen LogP contribution in [0, 0.1) is 0 Å². The number of nitrogens with zero attached hydrogens (tertiary/aromatic N) is 3. The van der Waals surface area contributed by atoms with E-state index in [4.69, 9.17) is 0 Å². The first kappa shape index (κ1) is 15.4. The van der Waals surface area contributed by atoms with E-state index in [0.29, 0.717) is 0 Å². The second kappa shape index (κ2) is 7.11. The van der Waals surface area contributed by atoms with E-state index in [9.17, 15) is 13.6 Å². The molecule has 2 aromatic heterocycles. The highest BCUT2D eigenvalue weighted by molar-refractivity contribution is 7.09. The number of amides is 2. The minimum Gasteiger partial charge on any atom is -0.338 e. The lowest BCUT2D eigenvalue weighted by molar-refractivity contribution is 0.0670. The van der Waals surface area contributed by atoms with Crippen LogP contribution >= 0.6 is 11.3 Å². The van der Waals surface area contributed by atoms with E-state index in [0.717, 1.165) is 9.57 Å². The first-order chi connectivity index (χ1) is 10.1. The van der Waals surface area contributed by atoms with E-state index in [1.807, 2.05) is 12.3 Å². The van der Waals surface area contributed by atoms with Gasteiger partial charge in [-0.1, -0.05) is 0 Å². The number of alkyl halides is 2. The highest BCUT2D eigenvalue weighted by Gasteiger charge is 2.13. The highest BCUT2D eigenvalue weighted by Crippen LogP contribution is 2.14. The number of nitrogens with one attached hydrogen (secondary N) is 2. The van der Waals surface area contributed by atoms with Crippen molar-refractivity contribution in [1.82, 2.24) is 25.2 Å². The molecule has 0 aliphatic rings. The zero-order chi connectivity index (χ0) is 15.2. The minimum absolute atomic E-state index is 0.201. The van der Waals surface area contributed by atoms with Crippen molar-refractivity contribution in [2.24, 2.45) is 0 Å². The molecule has 2 rings (SSSR count). The van der Waals surface area contributed by atoms with Gasteiger partial charge in [-0.05, 0) is 6.92 Å². The zero-order valence-electron chi connectivity index (χ0n) is 11.3. The summed E-state index contributed by atoms with van der Waals surface area (Å²) in [4.78, 5) is 19.6. The molecular formula is C12H15F2N5OS. The van der Waals surface area contributed by atoms with Crippen LogP contribution in [-0.2, 0) is 6.42 Å². The van der Waals surface area contributed by atoms with E-state index in [1.165, 1.54) is 23.7 Å². The summed E-state index contributed by atoms with van der Waals surface area (Å²) in [5, 5.41) is 7.96. The predicted octanol–water partition coefficient (Wildman–Crippen LogP) is 2.34. The van der Waals surface area contributed by atoms with Gasteiger partial charge in [0, 0.05) is 36.9 Å². The molecule has 2 amide bonds. The van der Waals surface area contributed by atoms with Crippen LogP contribution in [0.2, 0.25) is 0 Å². The highest BCUT2D eigenvalue weighted by atomic mass is 32.1. The first-order valence-electron chi connectivity index (χ1n) is 6.31. The quantitative estimate of drug-likeness (QED) is 0.859. The molecule has 0 aliphatic heterocycles. The van der Waals surface area contributed by atoms with Gasteiger partial charge in [0.15, 0.2) is 0 Å². The van der Waals surface area contributed by atoms with Crippen LogP contribution in [0.15, 0.2) is 24.0 Å². The molecule has 21 heavy (non-hydrogen) atoms. The Hall–Kier alpha value is -2.03. The van der Waals surface area contributed by atoms with Crippen LogP contribution in [0.3, 0.4) is 0 Å². The molecule has 1 atom stereocenters. The van der Waals surface area contributed by atoms with Crippen LogP contribution < -0.4 is 10.6 Å². The molecule has 0 saturated heterocycles. The maximum Gasteiger partial charge on any atom is 0.319 e. The molecule has 6 nitrogen and oxygen atoms in total. The lowest BCUT2D eigenvalue weighted by atomic mass is 10.3. The Kier molecular flexibility index (Phi) is 5.20. The maximum atomic E-state index is 12.6. The van der Waals surface area contributed by atoms with Gasteiger partial charge in [-0.3, -0.25) is 4.57 Å². The summed E-state index contributed by atoms with van der Waals surface area (Å²) in [6.45, 7) is -0.580. The number of rotatable bonds is 6. The van der Waals surface area contributed by atoms with E-state index in [2.05, 4.69) is 20.6 Å². The summed E-state index contributed by atoms with van der Waals surface area (Å²) >= 11 is 1.45. The molecule has 0 bridgehead atoms. The van der Waals surface area contributed by atoms with Gasteiger partial charge in [0.05, 0.1) is 6.04 Å². The van der Waals surface area contributed by atoms with Gasteiger partial charge in [0.25, 0.3) is 0 Å². The Morgan fingerprint density at radius 1 is 1.43 bits per heavy atom. The van der Waals surface area contributed by atoms with Crippen molar-refractivity contribution in [1.29, 1.82) is 0 Å². The van der Waals surface area contributed by atoms with Crippen molar-refractivity contribution < 1.29 is 13.6 Å². The number of thiazole rings is 1. The fourth-order valence-corrected chi connectivity index (χ4v) is 2.41. The van der Waals surface area contributed by atoms with Gasteiger partial charge < -0.3 is 10.6 Å². The number of carbonyl (C=O) groups excluding carboxylic acids is 1. The third-order valence-corrected chi connectivity index (χ3v) is 3.72. The third kappa shape index (κ3) is 4.22. The maximum absolute atomic E-state index is 12.6. The predicted molar refractivity (Wildman–Crippen MR) is 74.2 cm³/mol. The lowest BCUT2D eigenvalue weighted by Gasteiger charge is -2.12. The number of urea groups is 1. The number of hydrogen-bond acceptors (Lipinski definition) is 4. The van der Waals surface area contributed by atoms with Crippen LogP contribution in [-0.4, -0.2) is 27.1 Å². The molecule has 0 fully saturated rings. The van der Waals surface area contributed by atoms with Crippen LogP contribution in [0.25, 0.3) is 0 Å². The Morgan fingerprint density at radius 3 is 2.90 bits per heavy atom. The van der Waals surface area contributed by atoms with Gasteiger partial charge in [-0.25, -0.2) is 14.8 Å². The normalized spacial score (nSPS) is 12.4. The van der Waals surface area contributed by atoms with Gasteiger partial charge in [-0.2, -0.15) is 8.78 Å². The lowest BCUT2D eigenvalue weighted by Crippen LogP contribution is -2.38. The summed E-state index contributed by atoms with van der Waals surface area (Å²) in [5.74, 6) is 0.235. The zero-order valence-corrected chi connectivity index (χ0v) is 12.1. The molecule has 2 heterocycles. The minimum atomic E-state index is -2.62. The van der Waals surface area contributed by atoms with E-state index >= 15 is 0 Å². The number of halogens is 2. The Bertz CT molecular complexity index is 572. The molecule has 0 aliphatic carbocycles. The molecular weight excluding hydrogens is 300 g/mol. The third-order valence-electron chi connectivity index (χ3n) is 2.76. The Morgan fingerprint density at radius 2 is 2.24 bits per heavy atom. The van der Waals surface area contributed by atoms with Gasteiger partial charge in [0.2, 0.25) is 0 Å². The molecule has 0 unspecified atom stereocenters. The molecule has 2 N–H and O–H groups in total. The Balaban J connectivity index is 1.75. The molecule has 0 saturated carbocycles. The summed E-state index contributed by atoms with van der Waals surface area (Å²) in [6, 6.07) is -0.569. The summed E-state index contributed by atoms with van der Waals surface area (Å²) < 4.78 is 26.0. The first-order valence-corrected chi connectivity index (χ1v) is 7.19. The van der Waals surface area contributed by atoms with Crippen molar-refractivity contribution in [2.45, 2.75) is 25.9 Å². The van der Waals surface area contributed by atoms with E-state index in [1.54, 1.807) is 6.20 Å². The van der Waals surface area contributed by atoms with Gasteiger partial charge in [-0.15, -0.1) is 11.3 Å². The van der Waals surface area contributed by atoms with E-state index < -0.39 is 6.55 Å². The SMILES string of the molecule is C[C@@H](NC(=O)NCCc1nccn1C(F)F)c1nccs1. The van der Waals surface area contributed by atoms with Crippen LogP contribution in [0.1, 0.15) is 30.3 Å². The smallest absolute Gasteiger partial charge is 0.319 e. The summed E-state index contributed by atoms with van der Waals surface area (Å²) in [5.41, 5.74) is 0. The number of imidazole rings is 1. The van der Waals surface area contributed by atoms with Crippen molar-refractivity contribution in [2.75, 3.05) is 6.54 Å². The van der Waals surface area contributed by atoms with Gasteiger partial charge >= 0.3 is 12.6 Å². The number of hydrogen-bond donors (Lipinski definition) is 2. The molecule has 2 aromatic rings. The summed E-state index contributed by atoms with van der Waals surface area (Å²) in [7, 11) is 0. The fraction of sp³-hybridized carbons (Fsp3) is 0.417. The van der Waals surface area contributed by atoms with Gasteiger partial charge in [0.1, 0.15) is 10.8 Å². The molecule has 9 heteroatoms. The number of carbonyl (C=O) groups is 1. The molecule has 0 aromatic carbocycles. The number of aromatic nitrogens is 3. The topological polar surface area (TPSA) is 71.8 Å². The van der Waals surface area contributed by atoms with Crippen LogP contribution in [0.4, 0.5) is 13.6 Å². The average Bonchev–Trinajstić information content (AvgIpc) is 3.09. The Labute approximate surface area is 124 Å². The molecule has 0 spiro atoms. The fourth-order valence-electron chi connectivity index (χ4n) is 1.76. The van der Waals surface area contributed by atoms with Crippen LogP contribution in [0.5, 0.6) is 0 Å².